The maximum atomic E-state index is 5.81. The van der Waals surface area contributed by atoms with E-state index in [2.05, 4.69) is 37.1 Å². The first-order chi connectivity index (χ1) is 6.65. The van der Waals surface area contributed by atoms with E-state index >= 15 is 0 Å². The highest BCUT2D eigenvalue weighted by Gasteiger charge is 2.00. The van der Waals surface area contributed by atoms with Gasteiger partial charge in [-0.3, -0.25) is 0 Å². The van der Waals surface area contributed by atoms with E-state index in [1.807, 2.05) is 0 Å². The van der Waals surface area contributed by atoms with E-state index in [1.165, 1.54) is 11.1 Å². The van der Waals surface area contributed by atoms with Crippen LogP contribution in [0.25, 0.3) is 5.69 Å². The predicted molar refractivity (Wildman–Crippen MR) is 58.0 cm³/mol. The van der Waals surface area contributed by atoms with Gasteiger partial charge in [-0.05, 0) is 37.1 Å². The van der Waals surface area contributed by atoms with Gasteiger partial charge in [0.2, 0.25) is 0 Å². The van der Waals surface area contributed by atoms with Crippen molar-refractivity contribution in [2.24, 2.45) is 0 Å². The fraction of sp³-hybridized carbons (Fsp3) is 0.182. The van der Waals surface area contributed by atoms with Crippen LogP contribution in [0.4, 0.5) is 0 Å². The highest BCUT2D eigenvalue weighted by atomic mass is 35.5. The summed E-state index contributed by atoms with van der Waals surface area (Å²) in [4.78, 5) is 0. The van der Waals surface area contributed by atoms with Crippen LogP contribution in [0.1, 0.15) is 11.1 Å². The van der Waals surface area contributed by atoms with E-state index in [4.69, 9.17) is 11.6 Å². The summed E-state index contributed by atoms with van der Waals surface area (Å²) in [6, 6.07) is 6.29. The molecule has 14 heavy (non-hydrogen) atoms. The molecule has 0 bridgehead atoms. The van der Waals surface area contributed by atoms with Gasteiger partial charge >= 0.3 is 0 Å². The molecule has 0 aliphatic rings. The number of nitrogens with zero attached hydrogens (tertiary/aromatic N) is 2. The number of aryl methyl sites for hydroxylation is 2. The van der Waals surface area contributed by atoms with Crippen LogP contribution in [0.2, 0.25) is 5.02 Å². The van der Waals surface area contributed by atoms with Gasteiger partial charge in [-0.1, -0.05) is 17.7 Å². The SMILES string of the molecule is Cc1cc(C)cc(-n2cc(Cl)cn2)c1. The van der Waals surface area contributed by atoms with Crippen LogP contribution in [-0.2, 0) is 0 Å². The third-order valence-corrected chi connectivity index (χ3v) is 2.22. The molecule has 1 heterocycles. The van der Waals surface area contributed by atoms with Crippen molar-refractivity contribution in [3.8, 4) is 5.69 Å². The Kier molecular flexibility index (Phi) is 2.30. The lowest BCUT2D eigenvalue weighted by Gasteiger charge is -2.04. The van der Waals surface area contributed by atoms with Crippen molar-refractivity contribution in [2.75, 3.05) is 0 Å². The Morgan fingerprint density at radius 1 is 1.14 bits per heavy atom. The molecule has 72 valence electrons. The molecule has 0 saturated heterocycles. The molecule has 2 rings (SSSR count). The standard InChI is InChI=1S/C11H11ClN2/c1-8-3-9(2)5-11(4-8)14-7-10(12)6-13-14/h3-7H,1-2H3. The number of hydrogen-bond donors (Lipinski definition) is 0. The van der Waals surface area contributed by atoms with Crippen molar-refractivity contribution in [3.63, 3.8) is 0 Å². The molecule has 0 aliphatic heterocycles. The molecule has 1 aromatic heterocycles. The summed E-state index contributed by atoms with van der Waals surface area (Å²) in [5.41, 5.74) is 3.51. The molecule has 0 unspecified atom stereocenters. The molecule has 0 saturated carbocycles. The second-order valence-electron chi connectivity index (χ2n) is 3.45. The van der Waals surface area contributed by atoms with E-state index in [9.17, 15) is 0 Å². The topological polar surface area (TPSA) is 17.8 Å². The summed E-state index contributed by atoms with van der Waals surface area (Å²) >= 11 is 5.81. The summed E-state index contributed by atoms with van der Waals surface area (Å²) in [6.07, 6.45) is 3.44. The van der Waals surface area contributed by atoms with Crippen molar-refractivity contribution >= 4 is 11.6 Å². The molecule has 0 N–H and O–H groups in total. The Morgan fingerprint density at radius 3 is 2.29 bits per heavy atom. The molecule has 1 aromatic carbocycles. The van der Waals surface area contributed by atoms with Crippen LogP contribution < -0.4 is 0 Å². The quantitative estimate of drug-likeness (QED) is 0.701. The van der Waals surface area contributed by atoms with Crippen LogP contribution in [-0.4, -0.2) is 9.78 Å². The van der Waals surface area contributed by atoms with Gasteiger partial charge in [-0.25, -0.2) is 4.68 Å². The first-order valence-electron chi connectivity index (χ1n) is 4.44. The predicted octanol–water partition coefficient (Wildman–Crippen LogP) is 3.14. The van der Waals surface area contributed by atoms with Crippen LogP contribution in [0, 0.1) is 13.8 Å². The Balaban J connectivity index is 2.51. The maximum Gasteiger partial charge on any atom is 0.0790 e. The zero-order valence-corrected chi connectivity index (χ0v) is 8.92. The number of rotatable bonds is 1. The summed E-state index contributed by atoms with van der Waals surface area (Å²) in [6.45, 7) is 4.14. The van der Waals surface area contributed by atoms with Gasteiger partial charge in [0.15, 0.2) is 0 Å². The van der Waals surface area contributed by atoms with E-state index in [0.717, 1.165) is 5.69 Å². The molecule has 0 radical (unpaired) electrons. The van der Waals surface area contributed by atoms with Gasteiger partial charge in [-0.2, -0.15) is 5.10 Å². The minimum atomic E-state index is 0.657. The fourth-order valence-electron chi connectivity index (χ4n) is 1.52. The van der Waals surface area contributed by atoms with Gasteiger partial charge in [0.1, 0.15) is 0 Å². The monoisotopic (exact) mass is 206 g/mol. The lowest BCUT2D eigenvalue weighted by Crippen LogP contribution is -1.95. The molecular weight excluding hydrogens is 196 g/mol. The highest BCUT2D eigenvalue weighted by Crippen LogP contribution is 2.15. The second kappa shape index (κ2) is 3.46. The van der Waals surface area contributed by atoms with Gasteiger partial charge < -0.3 is 0 Å². The van der Waals surface area contributed by atoms with Crippen molar-refractivity contribution < 1.29 is 0 Å². The Morgan fingerprint density at radius 2 is 1.79 bits per heavy atom. The molecule has 0 aliphatic carbocycles. The van der Waals surface area contributed by atoms with Crippen molar-refractivity contribution in [2.45, 2.75) is 13.8 Å². The molecular formula is C11H11ClN2. The van der Waals surface area contributed by atoms with Crippen LogP contribution >= 0.6 is 11.6 Å². The Bertz CT molecular complexity index is 440. The van der Waals surface area contributed by atoms with E-state index < -0.39 is 0 Å². The normalized spacial score (nSPS) is 10.5. The summed E-state index contributed by atoms with van der Waals surface area (Å²) in [5.74, 6) is 0. The van der Waals surface area contributed by atoms with Crippen molar-refractivity contribution in [1.29, 1.82) is 0 Å². The largest absolute Gasteiger partial charge is 0.239 e. The van der Waals surface area contributed by atoms with Gasteiger partial charge in [0, 0.05) is 6.20 Å². The van der Waals surface area contributed by atoms with E-state index in [0.29, 0.717) is 5.02 Å². The second-order valence-corrected chi connectivity index (χ2v) is 3.89. The first-order valence-corrected chi connectivity index (χ1v) is 4.82. The Labute approximate surface area is 88.1 Å². The molecule has 0 amide bonds. The van der Waals surface area contributed by atoms with Crippen molar-refractivity contribution in [3.05, 3.63) is 46.7 Å². The van der Waals surface area contributed by atoms with Crippen molar-refractivity contribution in [1.82, 2.24) is 9.78 Å². The lowest BCUT2D eigenvalue weighted by atomic mass is 10.1. The van der Waals surface area contributed by atoms with E-state index in [1.54, 1.807) is 17.1 Å². The third-order valence-electron chi connectivity index (χ3n) is 2.02. The molecule has 2 nitrogen and oxygen atoms in total. The van der Waals surface area contributed by atoms with Crippen LogP contribution in [0.5, 0.6) is 0 Å². The minimum absolute atomic E-state index is 0.657. The van der Waals surface area contributed by atoms with E-state index in [-0.39, 0.29) is 0 Å². The number of aromatic nitrogens is 2. The number of benzene rings is 1. The maximum absolute atomic E-state index is 5.81. The molecule has 0 fully saturated rings. The average molecular weight is 207 g/mol. The third kappa shape index (κ3) is 1.80. The summed E-state index contributed by atoms with van der Waals surface area (Å²) < 4.78 is 1.78. The molecule has 2 aromatic rings. The Hall–Kier alpha value is -1.28. The number of hydrogen-bond acceptors (Lipinski definition) is 1. The highest BCUT2D eigenvalue weighted by molar-refractivity contribution is 6.30. The zero-order valence-electron chi connectivity index (χ0n) is 8.16. The first kappa shape index (κ1) is 9.28. The molecule has 3 heteroatoms. The van der Waals surface area contributed by atoms with Crippen LogP contribution in [0.15, 0.2) is 30.6 Å². The zero-order chi connectivity index (χ0) is 10.1. The molecule has 0 spiro atoms. The van der Waals surface area contributed by atoms with Gasteiger partial charge in [0.05, 0.1) is 16.9 Å². The fourth-order valence-corrected chi connectivity index (χ4v) is 1.66. The lowest BCUT2D eigenvalue weighted by molar-refractivity contribution is 0.877. The number of halogens is 1. The van der Waals surface area contributed by atoms with Gasteiger partial charge in [0.25, 0.3) is 0 Å². The average Bonchev–Trinajstić information content (AvgIpc) is 2.50. The minimum Gasteiger partial charge on any atom is -0.239 e. The van der Waals surface area contributed by atoms with Gasteiger partial charge in [-0.15, -0.1) is 0 Å². The van der Waals surface area contributed by atoms with Crippen LogP contribution in [0.3, 0.4) is 0 Å². The summed E-state index contributed by atoms with van der Waals surface area (Å²) in [7, 11) is 0. The molecule has 0 atom stereocenters. The summed E-state index contributed by atoms with van der Waals surface area (Å²) in [5, 5.41) is 4.81. The smallest absolute Gasteiger partial charge is 0.0790 e.